The van der Waals surface area contributed by atoms with Crippen LogP contribution in [-0.4, -0.2) is 5.78 Å². The summed E-state index contributed by atoms with van der Waals surface area (Å²) < 4.78 is 4.87. The van der Waals surface area contributed by atoms with Gasteiger partial charge in [-0.25, -0.2) is 4.79 Å². The van der Waals surface area contributed by atoms with Crippen LogP contribution in [0.15, 0.2) is 45.6 Å². The average Bonchev–Trinajstić information content (AvgIpc) is 2.36. The van der Waals surface area contributed by atoms with Gasteiger partial charge in [-0.05, 0) is 25.0 Å². The van der Waals surface area contributed by atoms with Crippen LogP contribution in [0.25, 0.3) is 0 Å². The van der Waals surface area contributed by atoms with E-state index in [4.69, 9.17) is 16.0 Å². The third-order valence-corrected chi connectivity index (χ3v) is 2.57. The molecule has 0 unspecified atom stereocenters. The topological polar surface area (TPSA) is 47.3 Å². The van der Waals surface area contributed by atoms with Gasteiger partial charge in [0.1, 0.15) is 0 Å². The van der Waals surface area contributed by atoms with Gasteiger partial charge in [-0.3, -0.25) is 4.79 Å². The molecule has 0 fully saturated rings. The van der Waals surface area contributed by atoms with E-state index in [1.165, 1.54) is 19.1 Å². The van der Waals surface area contributed by atoms with Crippen LogP contribution in [0.2, 0.25) is 5.02 Å². The molecule has 0 bridgehead atoms. The molecule has 0 amide bonds. The van der Waals surface area contributed by atoms with Crippen molar-refractivity contribution >= 4 is 17.4 Å². The van der Waals surface area contributed by atoms with Crippen molar-refractivity contribution in [3.8, 4) is 11.8 Å². The Morgan fingerprint density at radius 3 is 2.42 bits per heavy atom. The number of carbonyl (C=O) groups is 1. The van der Waals surface area contributed by atoms with Crippen molar-refractivity contribution < 1.29 is 9.21 Å². The van der Waals surface area contributed by atoms with Gasteiger partial charge in [0, 0.05) is 23.3 Å². The molecule has 0 spiro atoms. The summed E-state index contributed by atoms with van der Waals surface area (Å²) in [7, 11) is 0. The lowest BCUT2D eigenvalue weighted by molar-refractivity contribution is 0.101. The molecular formula is C15H9ClO3. The highest BCUT2D eigenvalue weighted by molar-refractivity contribution is 6.30. The van der Waals surface area contributed by atoms with Crippen molar-refractivity contribution in [1.82, 2.24) is 0 Å². The number of ketones is 1. The van der Waals surface area contributed by atoms with Gasteiger partial charge >= 0.3 is 5.63 Å². The highest BCUT2D eigenvalue weighted by atomic mass is 35.5. The Morgan fingerprint density at radius 2 is 1.84 bits per heavy atom. The van der Waals surface area contributed by atoms with E-state index in [2.05, 4.69) is 11.8 Å². The normalized spacial score (nSPS) is 9.58. The summed E-state index contributed by atoms with van der Waals surface area (Å²) in [5.74, 6) is 5.74. The van der Waals surface area contributed by atoms with Crippen molar-refractivity contribution in [3.05, 3.63) is 68.7 Å². The molecule has 0 N–H and O–H groups in total. The molecule has 1 aromatic carbocycles. The molecule has 0 aliphatic heterocycles. The Balaban J connectivity index is 2.28. The Kier molecular flexibility index (Phi) is 3.84. The first-order chi connectivity index (χ1) is 9.04. The lowest BCUT2D eigenvalue weighted by Crippen LogP contribution is -1.96. The molecule has 3 nitrogen and oxygen atoms in total. The maximum atomic E-state index is 11.1. The van der Waals surface area contributed by atoms with Crippen LogP contribution in [0.3, 0.4) is 0 Å². The van der Waals surface area contributed by atoms with Crippen LogP contribution in [-0.2, 0) is 0 Å². The van der Waals surface area contributed by atoms with Gasteiger partial charge in [0.05, 0.1) is 5.02 Å². The van der Waals surface area contributed by atoms with Crippen LogP contribution in [0.5, 0.6) is 0 Å². The van der Waals surface area contributed by atoms with Crippen LogP contribution in [0.4, 0.5) is 0 Å². The zero-order valence-electron chi connectivity index (χ0n) is 10.1. The lowest BCUT2D eigenvalue weighted by atomic mass is 10.1. The molecule has 0 aliphatic rings. The fraction of sp³-hybridized carbons (Fsp3) is 0.0667. The van der Waals surface area contributed by atoms with E-state index >= 15 is 0 Å². The third kappa shape index (κ3) is 3.57. The largest absolute Gasteiger partial charge is 0.414 e. The molecule has 2 rings (SSSR count). The summed E-state index contributed by atoms with van der Waals surface area (Å²) in [4.78, 5) is 22.2. The SMILES string of the molecule is CC(=O)c1ccc(C#Cc2cc(Cl)cc(=O)o2)cc1. The Labute approximate surface area is 114 Å². The van der Waals surface area contributed by atoms with Crippen molar-refractivity contribution in [2.24, 2.45) is 0 Å². The first-order valence-corrected chi connectivity index (χ1v) is 5.86. The van der Waals surface area contributed by atoms with Gasteiger partial charge in [-0.1, -0.05) is 29.7 Å². The van der Waals surface area contributed by atoms with Crippen molar-refractivity contribution in [2.75, 3.05) is 0 Å². The van der Waals surface area contributed by atoms with Crippen molar-refractivity contribution in [2.45, 2.75) is 6.92 Å². The average molecular weight is 273 g/mol. The summed E-state index contributed by atoms with van der Waals surface area (Å²) in [6.45, 7) is 1.50. The van der Waals surface area contributed by atoms with Crippen LogP contribution in [0, 0.1) is 11.8 Å². The number of hydrogen-bond acceptors (Lipinski definition) is 3. The second kappa shape index (κ2) is 5.55. The smallest absolute Gasteiger partial charge is 0.338 e. The molecule has 94 valence electrons. The van der Waals surface area contributed by atoms with E-state index in [0.717, 1.165) is 0 Å². The first-order valence-electron chi connectivity index (χ1n) is 5.48. The molecule has 1 heterocycles. The molecule has 0 radical (unpaired) electrons. The van der Waals surface area contributed by atoms with E-state index in [1.807, 2.05) is 0 Å². The Morgan fingerprint density at radius 1 is 1.16 bits per heavy atom. The molecule has 19 heavy (non-hydrogen) atoms. The molecule has 0 saturated carbocycles. The zero-order valence-corrected chi connectivity index (χ0v) is 10.8. The highest BCUT2D eigenvalue weighted by Crippen LogP contribution is 2.07. The van der Waals surface area contributed by atoms with Crippen molar-refractivity contribution in [1.29, 1.82) is 0 Å². The Hall–Kier alpha value is -2.31. The number of halogens is 1. The Bertz CT molecular complexity index is 730. The standard InChI is InChI=1S/C15H9ClO3/c1-10(17)12-5-2-11(3-6-12)4-7-14-8-13(16)9-15(18)19-14/h2-3,5-6,8-9H,1H3. The first kappa shape index (κ1) is 13.1. The van der Waals surface area contributed by atoms with Gasteiger partial charge in [-0.2, -0.15) is 0 Å². The van der Waals surface area contributed by atoms with E-state index < -0.39 is 5.63 Å². The lowest BCUT2D eigenvalue weighted by Gasteiger charge is -1.94. The minimum Gasteiger partial charge on any atom is -0.414 e. The van der Waals surface area contributed by atoms with Crippen LogP contribution in [0.1, 0.15) is 28.6 Å². The number of carbonyl (C=O) groups excluding carboxylic acids is 1. The fourth-order valence-corrected chi connectivity index (χ4v) is 1.62. The zero-order chi connectivity index (χ0) is 13.8. The summed E-state index contributed by atoms with van der Waals surface area (Å²) in [5.41, 5.74) is 0.802. The predicted octanol–water partition coefficient (Wildman–Crippen LogP) is 2.90. The molecule has 4 heteroatoms. The van der Waals surface area contributed by atoms with Gasteiger partial charge in [-0.15, -0.1) is 0 Å². The second-order valence-corrected chi connectivity index (χ2v) is 4.28. The minimum atomic E-state index is -0.538. The van der Waals surface area contributed by atoms with E-state index in [1.54, 1.807) is 24.3 Å². The maximum Gasteiger partial charge on any atom is 0.338 e. The minimum absolute atomic E-state index is 0.000321. The number of Topliss-reactive ketones (excluding diaryl/α,β-unsaturated/α-hetero) is 1. The fourth-order valence-electron chi connectivity index (χ4n) is 1.43. The van der Waals surface area contributed by atoms with Gasteiger partial charge in [0.2, 0.25) is 0 Å². The van der Waals surface area contributed by atoms with Gasteiger partial charge < -0.3 is 4.42 Å². The number of rotatable bonds is 1. The van der Waals surface area contributed by atoms with E-state index in [9.17, 15) is 9.59 Å². The molecule has 0 saturated heterocycles. The van der Waals surface area contributed by atoms with E-state index in [0.29, 0.717) is 11.1 Å². The van der Waals surface area contributed by atoms with Gasteiger partial charge in [0.15, 0.2) is 11.5 Å². The third-order valence-electron chi connectivity index (χ3n) is 2.36. The molecule has 2 aromatic rings. The molecule has 0 atom stereocenters. The molecular weight excluding hydrogens is 264 g/mol. The monoisotopic (exact) mass is 272 g/mol. The van der Waals surface area contributed by atoms with Gasteiger partial charge in [0.25, 0.3) is 0 Å². The van der Waals surface area contributed by atoms with Crippen molar-refractivity contribution in [3.63, 3.8) is 0 Å². The number of benzene rings is 1. The number of hydrogen-bond donors (Lipinski definition) is 0. The van der Waals surface area contributed by atoms with Crippen LogP contribution < -0.4 is 5.63 Å². The predicted molar refractivity (Wildman–Crippen MR) is 72.4 cm³/mol. The van der Waals surface area contributed by atoms with Crippen LogP contribution >= 0.6 is 11.6 Å². The quantitative estimate of drug-likeness (QED) is 0.592. The second-order valence-electron chi connectivity index (χ2n) is 3.84. The summed E-state index contributed by atoms with van der Waals surface area (Å²) >= 11 is 5.72. The van der Waals surface area contributed by atoms with E-state index in [-0.39, 0.29) is 16.6 Å². The summed E-state index contributed by atoms with van der Waals surface area (Å²) in [6, 6.07) is 9.49. The summed E-state index contributed by atoms with van der Waals surface area (Å²) in [5, 5.41) is 0.285. The molecule has 0 aliphatic carbocycles. The summed E-state index contributed by atoms with van der Waals surface area (Å²) in [6.07, 6.45) is 0. The highest BCUT2D eigenvalue weighted by Gasteiger charge is 1.98. The maximum absolute atomic E-state index is 11.1. The molecule has 1 aromatic heterocycles.